The van der Waals surface area contributed by atoms with E-state index in [9.17, 15) is 9.59 Å². The van der Waals surface area contributed by atoms with Gasteiger partial charge in [0.1, 0.15) is 11.7 Å². The second-order valence-electron chi connectivity index (χ2n) is 8.86. The molecule has 2 saturated heterocycles. The molecule has 0 N–H and O–H groups in total. The number of methoxy groups -OCH3 is 1. The van der Waals surface area contributed by atoms with Crippen LogP contribution in [0, 0.1) is 5.92 Å². The molecule has 2 fully saturated rings. The molecule has 2 amide bonds. The highest BCUT2D eigenvalue weighted by Crippen LogP contribution is 2.48. The number of carbonyl (C=O) groups is 2. The lowest BCUT2D eigenvalue weighted by Crippen LogP contribution is -2.37. The Labute approximate surface area is 216 Å². The third kappa shape index (κ3) is 4.49. The molecule has 2 heterocycles. The van der Waals surface area contributed by atoms with Gasteiger partial charge in [-0.2, -0.15) is 0 Å². The minimum absolute atomic E-state index is 0.322. The van der Waals surface area contributed by atoms with E-state index in [4.69, 9.17) is 19.0 Å². The highest BCUT2D eigenvalue weighted by atomic mass is 16.7. The Balaban J connectivity index is 1.55. The number of fused-ring (bicyclic) bond motifs is 1. The van der Waals surface area contributed by atoms with Gasteiger partial charge in [-0.15, -0.1) is 0 Å². The molecule has 0 bridgehead atoms. The second-order valence-corrected chi connectivity index (χ2v) is 8.86. The Morgan fingerprint density at radius 3 is 2.35 bits per heavy atom. The van der Waals surface area contributed by atoms with E-state index in [1.54, 1.807) is 36.4 Å². The van der Waals surface area contributed by atoms with Crippen molar-refractivity contribution in [1.82, 2.24) is 0 Å². The first kappa shape index (κ1) is 24.6. The van der Waals surface area contributed by atoms with Crippen LogP contribution in [0.5, 0.6) is 17.2 Å². The van der Waals surface area contributed by atoms with Gasteiger partial charge in [-0.1, -0.05) is 37.3 Å². The Kier molecular flexibility index (Phi) is 7.01. The lowest BCUT2D eigenvalue weighted by atomic mass is 9.90. The van der Waals surface area contributed by atoms with Crippen molar-refractivity contribution in [2.45, 2.75) is 32.4 Å². The molecule has 0 spiro atoms. The van der Waals surface area contributed by atoms with Gasteiger partial charge in [-0.25, -0.2) is 9.96 Å². The van der Waals surface area contributed by atoms with Gasteiger partial charge in [0, 0.05) is 6.07 Å². The SMILES string of the molecule is CCCOc1ccc([C@H]2[C@H]3C(=O)N(c4cccc(OCC)c4)C(=O)[C@@H]3ON2c2ccccc2)cc1OC. The molecule has 0 radical (unpaired) electrons. The maximum absolute atomic E-state index is 13.9. The molecule has 0 saturated carbocycles. The first-order chi connectivity index (χ1) is 18.1. The average molecular weight is 503 g/mol. The Bertz CT molecular complexity index is 1280. The van der Waals surface area contributed by atoms with Crippen LogP contribution in [0.15, 0.2) is 72.8 Å². The van der Waals surface area contributed by atoms with Crippen molar-refractivity contribution >= 4 is 23.2 Å². The third-order valence-corrected chi connectivity index (χ3v) is 6.50. The van der Waals surface area contributed by atoms with Crippen molar-refractivity contribution in [2.24, 2.45) is 5.92 Å². The van der Waals surface area contributed by atoms with E-state index in [1.807, 2.05) is 62.4 Å². The predicted molar refractivity (Wildman–Crippen MR) is 139 cm³/mol. The summed E-state index contributed by atoms with van der Waals surface area (Å²) in [6.45, 7) is 4.96. The molecule has 8 heteroatoms. The molecule has 192 valence electrons. The van der Waals surface area contributed by atoms with E-state index in [2.05, 4.69) is 0 Å². The number of anilines is 2. The minimum Gasteiger partial charge on any atom is -0.494 e. The van der Waals surface area contributed by atoms with Gasteiger partial charge in [-0.3, -0.25) is 14.4 Å². The van der Waals surface area contributed by atoms with Gasteiger partial charge in [-0.05, 0) is 55.3 Å². The van der Waals surface area contributed by atoms with E-state index in [0.29, 0.717) is 36.1 Å². The summed E-state index contributed by atoms with van der Waals surface area (Å²) in [4.78, 5) is 34.9. The number of amides is 2. The maximum Gasteiger partial charge on any atom is 0.266 e. The van der Waals surface area contributed by atoms with Crippen LogP contribution in [-0.4, -0.2) is 38.2 Å². The number of ether oxygens (including phenoxy) is 3. The first-order valence-electron chi connectivity index (χ1n) is 12.5. The summed E-state index contributed by atoms with van der Waals surface area (Å²) >= 11 is 0. The molecule has 2 aliphatic heterocycles. The van der Waals surface area contributed by atoms with Gasteiger partial charge in [0.2, 0.25) is 5.91 Å². The highest BCUT2D eigenvalue weighted by Gasteiger charge is 2.60. The van der Waals surface area contributed by atoms with E-state index in [-0.39, 0.29) is 5.91 Å². The number of imide groups is 1. The lowest BCUT2D eigenvalue weighted by Gasteiger charge is -2.29. The third-order valence-electron chi connectivity index (χ3n) is 6.50. The molecule has 0 aliphatic carbocycles. The molecule has 3 atom stereocenters. The largest absolute Gasteiger partial charge is 0.494 e. The fourth-order valence-corrected chi connectivity index (χ4v) is 4.89. The second kappa shape index (κ2) is 10.5. The fourth-order valence-electron chi connectivity index (χ4n) is 4.89. The topological polar surface area (TPSA) is 77.5 Å². The summed E-state index contributed by atoms with van der Waals surface area (Å²) in [7, 11) is 1.58. The molecule has 8 nitrogen and oxygen atoms in total. The van der Waals surface area contributed by atoms with E-state index in [0.717, 1.165) is 17.7 Å². The van der Waals surface area contributed by atoms with Crippen LogP contribution >= 0.6 is 0 Å². The zero-order chi connectivity index (χ0) is 25.9. The summed E-state index contributed by atoms with van der Waals surface area (Å²) < 4.78 is 17.0. The van der Waals surface area contributed by atoms with Crippen molar-refractivity contribution < 1.29 is 28.6 Å². The van der Waals surface area contributed by atoms with Gasteiger partial charge < -0.3 is 14.2 Å². The minimum atomic E-state index is -0.963. The van der Waals surface area contributed by atoms with Crippen molar-refractivity contribution in [3.05, 3.63) is 78.4 Å². The monoisotopic (exact) mass is 502 g/mol. The summed E-state index contributed by atoms with van der Waals surface area (Å²) in [6.07, 6.45) is -0.0976. The van der Waals surface area contributed by atoms with Crippen molar-refractivity contribution in [1.29, 1.82) is 0 Å². The zero-order valence-electron chi connectivity index (χ0n) is 21.1. The smallest absolute Gasteiger partial charge is 0.266 e. The van der Waals surface area contributed by atoms with E-state index < -0.39 is 24.0 Å². The molecular formula is C29H30N2O6. The van der Waals surface area contributed by atoms with Crippen LogP contribution in [0.2, 0.25) is 0 Å². The number of nitrogens with zero attached hydrogens (tertiary/aromatic N) is 2. The number of rotatable bonds is 9. The lowest BCUT2D eigenvalue weighted by molar-refractivity contribution is -0.126. The van der Waals surface area contributed by atoms with Crippen LogP contribution in [0.1, 0.15) is 31.9 Å². The summed E-state index contributed by atoms with van der Waals surface area (Å²) in [5, 5.41) is 1.67. The van der Waals surface area contributed by atoms with Crippen molar-refractivity contribution in [2.75, 3.05) is 30.3 Å². The number of hydroxylamine groups is 1. The molecule has 5 rings (SSSR count). The summed E-state index contributed by atoms with van der Waals surface area (Å²) in [5.74, 6) is 0.293. The quantitative estimate of drug-likeness (QED) is 0.384. The van der Waals surface area contributed by atoms with E-state index in [1.165, 1.54) is 4.90 Å². The molecular weight excluding hydrogens is 472 g/mol. The molecule has 37 heavy (non-hydrogen) atoms. The van der Waals surface area contributed by atoms with Crippen LogP contribution < -0.4 is 24.2 Å². The van der Waals surface area contributed by atoms with Crippen LogP contribution in [0.3, 0.4) is 0 Å². The Hall–Kier alpha value is -4.04. The van der Waals surface area contributed by atoms with Crippen LogP contribution in [-0.2, 0) is 14.4 Å². The van der Waals surface area contributed by atoms with E-state index >= 15 is 0 Å². The molecule has 3 aromatic rings. The van der Waals surface area contributed by atoms with Gasteiger partial charge in [0.25, 0.3) is 5.91 Å². The van der Waals surface area contributed by atoms with Crippen molar-refractivity contribution in [3.63, 3.8) is 0 Å². The van der Waals surface area contributed by atoms with Gasteiger partial charge in [0.05, 0.1) is 37.7 Å². The Morgan fingerprint density at radius 1 is 0.838 bits per heavy atom. The highest BCUT2D eigenvalue weighted by molar-refractivity contribution is 6.24. The number of hydrogen-bond donors (Lipinski definition) is 0. The maximum atomic E-state index is 13.9. The standard InChI is InChI=1S/C29H30N2O6/c1-4-16-36-23-15-14-19(17-24(23)34-3)26-25-27(37-31(26)20-10-7-6-8-11-20)29(33)30(28(25)32)21-12-9-13-22(18-21)35-5-2/h6-15,17-18,25-27H,4-5,16H2,1-3H3/t25-,26+,27-/m1/s1. The summed E-state index contributed by atoms with van der Waals surface area (Å²) in [5.41, 5.74) is 1.99. The van der Waals surface area contributed by atoms with Gasteiger partial charge in [0.15, 0.2) is 17.6 Å². The van der Waals surface area contributed by atoms with Crippen LogP contribution in [0.25, 0.3) is 0 Å². The molecule has 3 aromatic carbocycles. The number of para-hydroxylation sites is 1. The predicted octanol–water partition coefficient (Wildman–Crippen LogP) is 4.93. The van der Waals surface area contributed by atoms with Gasteiger partial charge >= 0.3 is 0 Å². The molecule has 2 aliphatic rings. The number of hydrogen-bond acceptors (Lipinski definition) is 7. The first-order valence-corrected chi connectivity index (χ1v) is 12.5. The van der Waals surface area contributed by atoms with Crippen molar-refractivity contribution in [3.8, 4) is 17.2 Å². The number of carbonyl (C=O) groups excluding carboxylic acids is 2. The zero-order valence-corrected chi connectivity index (χ0v) is 21.1. The average Bonchev–Trinajstić information content (AvgIpc) is 3.44. The Morgan fingerprint density at radius 2 is 1.62 bits per heavy atom. The van der Waals surface area contributed by atoms with Crippen LogP contribution in [0.4, 0.5) is 11.4 Å². The normalized spacial score (nSPS) is 20.8. The number of benzene rings is 3. The molecule has 0 unspecified atom stereocenters. The summed E-state index contributed by atoms with van der Waals surface area (Å²) in [6, 6.07) is 21.5. The molecule has 0 aromatic heterocycles. The fraction of sp³-hybridized carbons (Fsp3) is 0.310.